The van der Waals surface area contributed by atoms with Crippen molar-refractivity contribution in [3.8, 4) is 10.8 Å². The average molecular weight is 311 g/mol. The first-order valence-electron chi connectivity index (χ1n) is 6.06. The van der Waals surface area contributed by atoms with Gasteiger partial charge in [0.15, 0.2) is 5.06 Å². The summed E-state index contributed by atoms with van der Waals surface area (Å²) in [5.41, 5.74) is 3.26. The lowest BCUT2D eigenvalue weighted by Crippen LogP contribution is -1.91. The second kappa shape index (κ2) is 5.20. The Morgan fingerprint density at radius 1 is 1.21 bits per heavy atom. The van der Waals surface area contributed by atoms with Gasteiger partial charge < -0.3 is 4.74 Å². The summed E-state index contributed by atoms with van der Waals surface area (Å²) in [4.78, 5) is 0. The van der Waals surface area contributed by atoms with Crippen molar-refractivity contribution in [2.24, 2.45) is 0 Å². The van der Waals surface area contributed by atoms with E-state index in [1.807, 2.05) is 12.1 Å². The van der Waals surface area contributed by atoms with Crippen LogP contribution in [0, 0.1) is 6.92 Å². The van der Waals surface area contributed by atoms with E-state index in [2.05, 4.69) is 25.1 Å². The molecule has 0 atom stereocenters. The molecule has 0 saturated carbocycles. The number of fused-ring (bicyclic) bond motifs is 2. The molecular weight excluding hydrogens is 299 g/mol. The lowest BCUT2D eigenvalue weighted by Gasteiger charge is -2.10. The second-order valence-corrected chi connectivity index (χ2v) is 6.61. The van der Waals surface area contributed by atoms with E-state index in [-0.39, 0.29) is 0 Å². The van der Waals surface area contributed by atoms with Gasteiger partial charge in [0.2, 0.25) is 0 Å². The molecule has 0 amide bonds. The Kier molecular flexibility index (Phi) is 3.57. The van der Waals surface area contributed by atoms with E-state index in [1.54, 1.807) is 0 Å². The third-order valence-corrected chi connectivity index (χ3v) is 4.59. The van der Waals surface area contributed by atoms with Gasteiger partial charge in [-0.2, -0.15) is 0 Å². The van der Waals surface area contributed by atoms with Crippen LogP contribution in [0.4, 0.5) is 0 Å². The van der Waals surface area contributed by atoms with Crippen LogP contribution in [0.3, 0.4) is 0 Å². The number of rotatable bonds is 0. The molecule has 1 nitrogen and oxygen atoms in total. The maximum absolute atomic E-state index is 6.31. The highest BCUT2D eigenvalue weighted by Gasteiger charge is 2.16. The molecule has 1 aliphatic rings. The topological polar surface area (TPSA) is 9.23 Å². The van der Waals surface area contributed by atoms with Crippen molar-refractivity contribution in [3.63, 3.8) is 0 Å². The molecular formula is C15H12Cl2OS. The predicted molar refractivity (Wildman–Crippen MR) is 82.7 cm³/mol. The molecule has 0 unspecified atom stereocenters. The number of hydrogen-bond donors (Lipinski definition) is 0. The number of benzene rings is 1. The Bertz CT molecular complexity index is 658. The number of aryl methyl sites for hydroxylation is 2. The molecule has 1 aliphatic heterocycles. The summed E-state index contributed by atoms with van der Waals surface area (Å²) in [6.45, 7) is 2.06. The Labute approximate surface area is 126 Å². The first-order chi connectivity index (χ1) is 9.13. The molecule has 0 bridgehead atoms. The summed E-state index contributed by atoms with van der Waals surface area (Å²) >= 11 is 13.8. The molecule has 1 aromatic heterocycles. The summed E-state index contributed by atoms with van der Waals surface area (Å²) in [7, 11) is 0. The van der Waals surface area contributed by atoms with Gasteiger partial charge in [-0.25, -0.2) is 0 Å². The van der Waals surface area contributed by atoms with Crippen molar-refractivity contribution in [2.75, 3.05) is 0 Å². The molecule has 0 aliphatic carbocycles. The molecule has 0 spiro atoms. The van der Waals surface area contributed by atoms with Gasteiger partial charge in [0.1, 0.15) is 5.75 Å². The zero-order valence-electron chi connectivity index (χ0n) is 10.4. The number of ether oxygens (including phenoxy) is 1. The van der Waals surface area contributed by atoms with Gasteiger partial charge in [-0.15, -0.1) is 0 Å². The smallest absolute Gasteiger partial charge is 0.191 e. The molecule has 0 N–H and O–H groups in total. The Hall–Kier alpha value is -0.960. The molecule has 3 rings (SSSR count). The Balaban J connectivity index is 2.13. The van der Waals surface area contributed by atoms with Crippen molar-refractivity contribution in [3.05, 3.63) is 51.4 Å². The number of halogens is 2. The lowest BCUT2D eigenvalue weighted by molar-refractivity contribution is 0.489. The molecule has 98 valence electrons. The third-order valence-electron chi connectivity index (χ3n) is 3.09. The van der Waals surface area contributed by atoms with Crippen LogP contribution in [0.15, 0.2) is 30.3 Å². The first-order valence-corrected chi connectivity index (χ1v) is 7.63. The molecule has 2 heterocycles. The minimum atomic E-state index is 0.686. The van der Waals surface area contributed by atoms with E-state index >= 15 is 0 Å². The highest BCUT2D eigenvalue weighted by atomic mass is 35.5. The second-order valence-electron chi connectivity index (χ2n) is 4.56. The number of thiophene rings is 1. The quantitative estimate of drug-likeness (QED) is 0.577. The highest BCUT2D eigenvalue weighted by molar-refractivity contribution is 7.18. The monoisotopic (exact) mass is 310 g/mol. The fraction of sp³-hybridized carbons (Fsp3) is 0.200. The van der Waals surface area contributed by atoms with Gasteiger partial charge in [-0.05, 0) is 43.0 Å². The summed E-state index contributed by atoms with van der Waals surface area (Å²) in [5, 5.41) is 1.47. The molecule has 0 fully saturated rings. The van der Waals surface area contributed by atoms with Gasteiger partial charge in [0.05, 0.1) is 4.34 Å². The van der Waals surface area contributed by atoms with Crippen LogP contribution in [0.5, 0.6) is 10.8 Å². The standard InChI is InChI=1S/C15H12Cl2OS/c1-9-5-6-10-3-2-4-12(16)11-8-14(17)19-15(11)18-13(10)7-9/h4-8H,2-3H2,1H3/b12-4-. The normalized spacial score (nSPS) is 17.1. The largest absolute Gasteiger partial charge is 0.446 e. The van der Waals surface area contributed by atoms with Crippen LogP contribution < -0.4 is 4.74 Å². The van der Waals surface area contributed by atoms with Crippen molar-refractivity contribution in [1.29, 1.82) is 0 Å². The van der Waals surface area contributed by atoms with Crippen molar-refractivity contribution in [1.82, 2.24) is 0 Å². The summed E-state index contributed by atoms with van der Waals surface area (Å²) in [5.74, 6) is 0.902. The fourth-order valence-corrected chi connectivity index (χ4v) is 3.50. The summed E-state index contributed by atoms with van der Waals surface area (Å²) in [6.07, 6.45) is 3.85. The molecule has 0 saturated heterocycles. The SMILES string of the molecule is Cc1ccc2c(c1)Oc1sc(Cl)cc1/C(Cl)=C/CC2. The van der Waals surface area contributed by atoms with Gasteiger partial charge in [0, 0.05) is 10.6 Å². The van der Waals surface area contributed by atoms with Crippen LogP contribution >= 0.6 is 34.5 Å². The number of hydrogen-bond acceptors (Lipinski definition) is 2. The average Bonchev–Trinajstić information content (AvgIpc) is 2.73. The molecule has 0 radical (unpaired) electrons. The number of allylic oxidation sites excluding steroid dienone is 1. The van der Waals surface area contributed by atoms with E-state index < -0.39 is 0 Å². The highest BCUT2D eigenvalue weighted by Crippen LogP contribution is 2.43. The zero-order valence-corrected chi connectivity index (χ0v) is 12.7. The van der Waals surface area contributed by atoms with Crippen molar-refractivity contribution >= 4 is 39.6 Å². The first kappa shape index (κ1) is 13.0. The van der Waals surface area contributed by atoms with Gasteiger partial charge in [-0.1, -0.05) is 52.7 Å². The van der Waals surface area contributed by atoms with E-state index in [0.717, 1.165) is 29.2 Å². The van der Waals surface area contributed by atoms with Crippen LogP contribution in [0.2, 0.25) is 4.34 Å². The van der Waals surface area contributed by atoms with E-state index in [4.69, 9.17) is 27.9 Å². The lowest BCUT2D eigenvalue weighted by atomic mass is 10.1. The molecule has 1 aromatic carbocycles. The molecule has 4 heteroatoms. The van der Waals surface area contributed by atoms with Crippen LogP contribution in [-0.2, 0) is 6.42 Å². The van der Waals surface area contributed by atoms with Gasteiger partial charge in [-0.3, -0.25) is 0 Å². The van der Waals surface area contributed by atoms with E-state index in [0.29, 0.717) is 9.37 Å². The Morgan fingerprint density at radius 3 is 2.89 bits per heavy atom. The van der Waals surface area contributed by atoms with Crippen LogP contribution in [-0.4, -0.2) is 0 Å². The molecule has 2 aromatic rings. The minimum Gasteiger partial charge on any atom is -0.446 e. The van der Waals surface area contributed by atoms with Crippen LogP contribution in [0.1, 0.15) is 23.1 Å². The Morgan fingerprint density at radius 2 is 2.05 bits per heavy atom. The minimum absolute atomic E-state index is 0.686. The van der Waals surface area contributed by atoms with Crippen LogP contribution in [0.25, 0.3) is 5.03 Å². The maximum Gasteiger partial charge on any atom is 0.191 e. The maximum atomic E-state index is 6.31. The van der Waals surface area contributed by atoms with Crippen molar-refractivity contribution < 1.29 is 4.74 Å². The van der Waals surface area contributed by atoms with Gasteiger partial charge >= 0.3 is 0 Å². The molecule has 19 heavy (non-hydrogen) atoms. The summed E-state index contributed by atoms with van der Waals surface area (Å²) in [6, 6.07) is 8.15. The van der Waals surface area contributed by atoms with Crippen molar-refractivity contribution in [2.45, 2.75) is 19.8 Å². The third kappa shape index (κ3) is 2.66. The van der Waals surface area contributed by atoms with Gasteiger partial charge in [0.25, 0.3) is 0 Å². The zero-order chi connectivity index (χ0) is 13.4. The summed E-state index contributed by atoms with van der Waals surface area (Å²) < 4.78 is 6.73. The van der Waals surface area contributed by atoms with E-state index in [1.165, 1.54) is 22.5 Å². The van der Waals surface area contributed by atoms with E-state index in [9.17, 15) is 0 Å². The predicted octanol–water partition coefficient (Wildman–Crippen LogP) is 6.03. The fourth-order valence-electron chi connectivity index (χ4n) is 2.12.